The van der Waals surface area contributed by atoms with Gasteiger partial charge in [0.2, 0.25) is 5.91 Å². The first kappa shape index (κ1) is 18.3. The summed E-state index contributed by atoms with van der Waals surface area (Å²) in [4.78, 5) is 17.0. The number of carbonyl (C=O) groups excluding carboxylic acids is 1. The number of anilines is 1. The third kappa shape index (κ3) is 4.37. The molecular weight excluding hydrogens is 324 g/mol. The molecule has 0 unspecified atom stereocenters. The molecule has 1 saturated heterocycles. The largest absolute Gasteiger partial charge is 0.497 e. The van der Waals surface area contributed by atoms with Crippen molar-refractivity contribution < 1.29 is 9.53 Å². The quantitative estimate of drug-likeness (QED) is 0.819. The molecule has 0 saturated carbocycles. The van der Waals surface area contributed by atoms with E-state index in [0.717, 1.165) is 37.2 Å². The van der Waals surface area contributed by atoms with Gasteiger partial charge >= 0.3 is 0 Å². The van der Waals surface area contributed by atoms with Gasteiger partial charge in [-0.2, -0.15) is 0 Å². The Morgan fingerprint density at radius 1 is 1.08 bits per heavy atom. The average Bonchev–Trinajstić information content (AvgIpc) is 2.69. The second kappa shape index (κ2) is 8.26. The van der Waals surface area contributed by atoms with Crippen LogP contribution < -0.4 is 9.64 Å². The fourth-order valence-electron chi connectivity index (χ4n) is 3.53. The molecule has 26 heavy (non-hydrogen) atoms. The molecule has 1 amide bonds. The number of hydrogen-bond acceptors (Lipinski definition) is 3. The molecule has 0 aromatic heterocycles. The molecular formula is C22H28N2O2. The van der Waals surface area contributed by atoms with Crippen LogP contribution in [0.2, 0.25) is 0 Å². The summed E-state index contributed by atoms with van der Waals surface area (Å²) in [6.45, 7) is 4.63. The number of aryl methyl sites for hydroxylation is 1. The zero-order valence-corrected chi connectivity index (χ0v) is 15.9. The van der Waals surface area contributed by atoms with Crippen LogP contribution in [0.15, 0.2) is 48.5 Å². The molecule has 1 fully saturated rings. The zero-order chi connectivity index (χ0) is 18.5. The van der Waals surface area contributed by atoms with Crippen molar-refractivity contribution >= 4 is 11.6 Å². The van der Waals surface area contributed by atoms with E-state index in [0.29, 0.717) is 6.54 Å². The van der Waals surface area contributed by atoms with Crippen molar-refractivity contribution in [2.24, 2.45) is 5.92 Å². The van der Waals surface area contributed by atoms with E-state index < -0.39 is 0 Å². The van der Waals surface area contributed by atoms with E-state index >= 15 is 0 Å². The Kier molecular flexibility index (Phi) is 5.82. The van der Waals surface area contributed by atoms with Crippen molar-refractivity contribution in [1.29, 1.82) is 0 Å². The Bertz CT molecular complexity index is 717. The summed E-state index contributed by atoms with van der Waals surface area (Å²) in [6, 6.07) is 16.6. The van der Waals surface area contributed by atoms with Gasteiger partial charge in [0.15, 0.2) is 0 Å². The number of carbonyl (C=O) groups is 1. The second-order valence-electron chi connectivity index (χ2n) is 7.14. The van der Waals surface area contributed by atoms with Crippen LogP contribution in [0.5, 0.6) is 5.75 Å². The van der Waals surface area contributed by atoms with Crippen molar-refractivity contribution in [3.05, 3.63) is 59.7 Å². The molecule has 0 atom stereocenters. The molecule has 4 nitrogen and oxygen atoms in total. The van der Waals surface area contributed by atoms with Crippen molar-refractivity contribution in [1.82, 2.24) is 4.90 Å². The van der Waals surface area contributed by atoms with E-state index in [2.05, 4.69) is 36.1 Å². The summed E-state index contributed by atoms with van der Waals surface area (Å²) in [5.74, 6) is 1.22. The van der Waals surface area contributed by atoms with Crippen LogP contribution in [-0.4, -0.2) is 38.1 Å². The van der Waals surface area contributed by atoms with E-state index in [9.17, 15) is 4.79 Å². The monoisotopic (exact) mass is 352 g/mol. The maximum absolute atomic E-state index is 12.8. The number of rotatable bonds is 5. The summed E-state index contributed by atoms with van der Waals surface area (Å²) in [5, 5.41) is 0. The molecule has 1 aliphatic rings. The van der Waals surface area contributed by atoms with Gasteiger partial charge in [-0.25, -0.2) is 0 Å². The molecule has 0 spiro atoms. The average molecular weight is 352 g/mol. The smallest absolute Gasteiger partial charge is 0.225 e. The summed E-state index contributed by atoms with van der Waals surface area (Å²) >= 11 is 0. The minimum absolute atomic E-state index is 0.125. The lowest BCUT2D eigenvalue weighted by Gasteiger charge is -2.34. The summed E-state index contributed by atoms with van der Waals surface area (Å²) in [7, 11) is 3.56. The summed E-state index contributed by atoms with van der Waals surface area (Å²) in [6.07, 6.45) is 1.83. The van der Waals surface area contributed by atoms with Crippen molar-refractivity contribution in [3.8, 4) is 5.75 Å². The molecule has 2 aromatic carbocycles. The van der Waals surface area contributed by atoms with Crippen LogP contribution in [0, 0.1) is 12.8 Å². The molecule has 0 aliphatic carbocycles. The Morgan fingerprint density at radius 2 is 1.69 bits per heavy atom. The normalized spacial score (nSPS) is 15.0. The maximum Gasteiger partial charge on any atom is 0.225 e. The van der Waals surface area contributed by atoms with E-state index in [-0.39, 0.29) is 11.8 Å². The van der Waals surface area contributed by atoms with Gasteiger partial charge in [0, 0.05) is 38.3 Å². The molecule has 1 heterocycles. The minimum atomic E-state index is 0.125. The highest BCUT2D eigenvalue weighted by Gasteiger charge is 2.27. The van der Waals surface area contributed by atoms with Crippen molar-refractivity contribution in [3.63, 3.8) is 0 Å². The first-order valence-electron chi connectivity index (χ1n) is 9.26. The standard InChI is InChI=1S/C22H28N2O2/c1-17-4-8-20(9-5-17)24-14-12-19(13-15-24)22(25)23(2)16-18-6-10-21(26-3)11-7-18/h4-11,19H,12-16H2,1-3H3. The summed E-state index contributed by atoms with van der Waals surface area (Å²) < 4.78 is 5.18. The van der Waals surface area contributed by atoms with Gasteiger partial charge in [0.05, 0.1) is 7.11 Å². The number of ether oxygens (including phenoxy) is 1. The van der Waals surface area contributed by atoms with Crippen LogP contribution in [0.25, 0.3) is 0 Å². The highest BCUT2D eigenvalue weighted by Crippen LogP contribution is 2.25. The van der Waals surface area contributed by atoms with Crippen molar-refractivity contribution in [2.45, 2.75) is 26.3 Å². The molecule has 3 rings (SSSR count). The molecule has 0 radical (unpaired) electrons. The van der Waals surface area contributed by atoms with Gasteiger partial charge in [-0.3, -0.25) is 4.79 Å². The Labute approximate surface area is 156 Å². The van der Waals surface area contributed by atoms with Gasteiger partial charge in [-0.05, 0) is 49.6 Å². The van der Waals surface area contributed by atoms with E-state index in [1.54, 1.807) is 7.11 Å². The molecule has 0 bridgehead atoms. The third-order valence-corrected chi connectivity index (χ3v) is 5.20. The van der Waals surface area contributed by atoms with Crippen LogP contribution >= 0.6 is 0 Å². The van der Waals surface area contributed by atoms with Crippen LogP contribution in [-0.2, 0) is 11.3 Å². The molecule has 0 N–H and O–H groups in total. The van der Waals surface area contributed by atoms with E-state index in [1.807, 2.05) is 36.2 Å². The second-order valence-corrected chi connectivity index (χ2v) is 7.14. The predicted molar refractivity (Wildman–Crippen MR) is 106 cm³/mol. The first-order chi connectivity index (χ1) is 12.6. The fourth-order valence-corrected chi connectivity index (χ4v) is 3.53. The highest BCUT2D eigenvalue weighted by molar-refractivity contribution is 5.79. The Balaban J connectivity index is 1.52. The van der Waals surface area contributed by atoms with Crippen LogP contribution in [0.1, 0.15) is 24.0 Å². The van der Waals surface area contributed by atoms with Crippen molar-refractivity contribution in [2.75, 3.05) is 32.1 Å². The Morgan fingerprint density at radius 3 is 2.27 bits per heavy atom. The number of hydrogen-bond donors (Lipinski definition) is 0. The highest BCUT2D eigenvalue weighted by atomic mass is 16.5. The minimum Gasteiger partial charge on any atom is -0.497 e. The topological polar surface area (TPSA) is 32.8 Å². The number of methoxy groups -OCH3 is 1. The van der Waals surface area contributed by atoms with Gasteiger partial charge in [0.25, 0.3) is 0 Å². The van der Waals surface area contributed by atoms with Crippen LogP contribution in [0.3, 0.4) is 0 Å². The first-order valence-corrected chi connectivity index (χ1v) is 9.26. The van der Waals surface area contributed by atoms with E-state index in [4.69, 9.17) is 4.74 Å². The van der Waals surface area contributed by atoms with Gasteiger partial charge in [-0.15, -0.1) is 0 Å². The lowest BCUT2D eigenvalue weighted by molar-refractivity contribution is -0.135. The van der Waals surface area contributed by atoms with E-state index in [1.165, 1.54) is 11.3 Å². The summed E-state index contributed by atoms with van der Waals surface area (Å²) in [5.41, 5.74) is 3.66. The Hall–Kier alpha value is -2.49. The molecule has 1 aliphatic heterocycles. The third-order valence-electron chi connectivity index (χ3n) is 5.20. The number of benzene rings is 2. The SMILES string of the molecule is COc1ccc(CN(C)C(=O)C2CCN(c3ccc(C)cc3)CC2)cc1. The number of piperidine rings is 1. The molecule has 2 aromatic rings. The molecule has 138 valence electrons. The maximum atomic E-state index is 12.8. The number of nitrogens with zero attached hydrogens (tertiary/aromatic N) is 2. The lowest BCUT2D eigenvalue weighted by Crippen LogP contribution is -2.41. The van der Waals surface area contributed by atoms with Crippen LogP contribution in [0.4, 0.5) is 5.69 Å². The van der Waals surface area contributed by atoms with Gasteiger partial charge in [-0.1, -0.05) is 29.8 Å². The zero-order valence-electron chi connectivity index (χ0n) is 15.9. The van der Waals surface area contributed by atoms with Gasteiger partial charge < -0.3 is 14.5 Å². The predicted octanol–water partition coefficient (Wildman–Crippen LogP) is 3.88. The fraction of sp³-hybridized carbons (Fsp3) is 0.409. The van der Waals surface area contributed by atoms with Gasteiger partial charge in [0.1, 0.15) is 5.75 Å². The molecule has 4 heteroatoms. The number of amides is 1. The lowest BCUT2D eigenvalue weighted by atomic mass is 9.94.